The van der Waals surface area contributed by atoms with E-state index in [0.29, 0.717) is 18.8 Å². The number of H-pyrrole nitrogens is 1. The van der Waals surface area contributed by atoms with Crippen molar-refractivity contribution in [3.8, 4) is 10.6 Å². The minimum absolute atomic E-state index is 0.000409. The third kappa shape index (κ3) is 3.11. The second-order valence-electron chi connectivity index (χ2n) is 5.76. The molecule has 2 N–H and O–H groups in total. The Morgan fingerprint density at radius 1 is 1.29 bits per heavy atom. The van der Waals surface area contributed by atoms with Gasteiger partial charge < -0.3 is 10.1 Å². The number of nitrogens with one attached hydrogen (secondary N) is 2. The number of carbonyl (C=O) groups excluding carboxylic acids is 1. The number of carbonyl (C=O) groups is 1. The van der Waals surface area contributed by atoms with Crippen molar-refractivity contribution in [1.82, 2.24) is 15.5 Å². The van der Waals surface area contributed by atoms with Gasteiger partial charge in [-0.1, -0.05) is 30.3 Å². The molecule has 1 atom stereocenters. The summed E-state index contributed by atoms with van der Waals surface area (Å²) < 4.78 is 5.81. The van der Waals surface area contributed by atoms with E-state index in [9.17, 15) is 4.79 Å². The summed E-state index contributed by atoms with van der Waals surface area (Å²) in [6, 6.07) is 14.0. The van der Waals surface area contributed by atoms with E-state index in [0.717, 1.165) is 17.0 Å². The van der Waals surface area contributed by atoms with E-state index in [1.54, 1.807) is 17.4 Å². The predicted molar refractivity (Wildman–Crippen MR) is 93.0 cm³/mol. The number of hydrogen-bond acceptors (Lipinski definition) is 4. The number of nitrogens with zero attached hydrogens (tertiary/aromatic N) is 1. The maximum atomic E-state index is 12.3. The molecule has 24 heavy (non-hydrogen) atoms. The van der Waals surface area contributed by atoms with Crippen molar-refractivity contribution in [2.75, 3.05) is 6.54 Å². The molecular formula is C18H17N3O2S. The van der Waals surface area contributed by atoms with Gasteiger partial charge in [0.05, 0.1) is 23.3 Å². The van der Waals surface area contributed by atoms with Crippen LogP contribution in [0.4, 0.5) is 0 Å². The monoisotopic (exact) mass is 339 g/mol. The van der Waals surface area contributed by atoms with E-state index in [2.05, 4.69) is 27.6 Å². The summed E-state index contributed by atoms with van der Waals surface area (Å²) >= 11 is 1.61. The summed E-state index contributed by atoms with van der Waals surface area (Å²) in [5.74, 6) is -0.184. The molecule has 1 aliphatic heterocycles. The first-order valence-corrected chi connectivity index (χ1v) is 8.73. The van der Waals surface area contributed by atoms with Crippen LogP contribution in [0.1, 0.15) is 21.6 Å². The predicted octanol–water partition coefficient (Wildman–Crippen LogP) is 3.01. The molecule has 3 heterocycles. The lowest BCUT2D eigenvalue weighted by Gasteiger charge is -2.25. The van der Waals surface area contributed by atoms with E-state index in [1.165, 1.54) is 11.1 Å². The highest BCUT2D eigenvalue weighted by Gasteiger charge is 2.20. The van der Waals surface area contributed by atoms with Crippen molar-refractivity contribution in [2.24, 2.45) is 0 Å². The Morgan fingerprint density at radius 3 is 3.00 bits per heavy atom. The lowest BCUT2D eigenvalue weighted by molar-refractivity contribution is 0.0284. The smallest absolute Gasteiger partial charge is 0.271 e. The normalized spacial score (nSPS) is 16.6. The number of benzene rings is 1. The molecule has 0 aliphatic carbocycles. The zero-order valence-corrected chi connectivity index (χ0v) is 13.8. The van der Waals surface area contributed by atoms with Gasteiger partial charge in [0.15, 0.2) is 5.69 Å². The Bertz CT molecular complexity index is 842. The van der Waals surface area contributed by atoms with Crippen LogP contribution in [-0.4, -0.2) is 28.8 Å². The molecule has 3 aromatic rings. The Labute approximate surface area is 143 Å². The molecular weight excluding hydrogens is 322 g/mol. The van der Waals surface area contributed by atoms with Gasteiger partial charge in [-0.15, -0.1) is 11.3 Å². The van der Waals surface area contributed by atoms with Crippen LogP contribution < -0.4 is 5.32 Å². The Hall–Kier alpha value is -2.44. The number of hydrogen-bond donors (Lipinski definition) is 2. The largest absolute Gasteiger partial charge is 0.371 e. The lowest BCUT2D eigenvalue weighted by atomic mass is 9.99. The first-order valence-electron chi connectivity index (χ1n) is 7.85. The van der Waals surface area contributed by atoms with Crippen molar-refractivity contribution in [3.05, 3.63) is 64.7 Å². The van der Waals surface area contributed by atoms with Gasteiger partial charge in [-0.25, -0.2) is 0 Å². The van der Waals surface area contributed by atoms with Crippen molar-refractivity contribution >= 4 is 17.2 Å². The highest BCUT2D eigenvalue weighted by Crippen LogP contribution is 2.23. The second-order valence-corrected chi connectivity index (χ2v) is 6.71. The molecule has 2 aromatic heterocycles. The van der Waals surface area contributed by atoms with Crippen molar-refractivity contribution < 1.29 is 9.53 Å². The van der Waals surface area contributed by atoms with Crippen molar-refractivity contribution in [1.29, 1.82) is 0 Å². The Kier molecular flexibility index (Phi) is 4.15. The zero-order chi connectivity index (χ0) is 16.4. The molecule has 0 fully saturated rings. The van der Waals surface area contributed by atoms with Gasteiger partial charge in [-0.3, -0.25) is 9.89 Å². The number of rotatable bonds is 4. The second kappa shape index (κ2) is 6.59. The Morgan fingerprint density at radius 2 is 2.17 bits per heavy atom. The highest BCUT2D eigenvalue weighted by atomic mass is 32.1. The molecule has 0 radical (unpaired) electrons. The van der Waals surface area contributed by atoms with Crippen LogP contribution in [0.5, 0.6) is 0 Å². The van der Waals surface area contributed by atoms with E-state index in [1.807, 2.05) is 29.6 Å². The molecule has 1 aromatic carbocycles. The first-order chi connectivity index (χ1) is 11.8. The minimum atomic E-state index is -0.184. The molecule has 0 saturated heterocycles. The van der Waals surface area contributed by atoms with Crippen LogP contribution in [0.3, 0.4) is 0 Å². The molecule has 1 unspecified atom stereocenters. The third-order valence-electron chi connectivity index (χ3n) is 4.13. The van der Waals surface area contributed by atoms with E-state index in [-0.39, 0.29) is 12.0 Å². The molecule has 6 heteroatoms. The van der Waals surface area contributed by atoms with Gasteiger partial charge in [0.2, 0.25) is 0 Å². The minimum Gasteiger partial charge on any atom is -0.371 e. The van der Waals surface area contributed by atoms with Crippen LogP contribution in [-0.2, 0) is 17.8 Å². The summed E-state index contributed by atoms with van der Waals surface area (Å²) in [4.78, 5) is 13.3. The molecule has 0 saturated carbocycles. The molecule has 4 rings (SSSR count). The maximum Gasteiger partial charge on any atom is 0.271 e. The fraction of sp³-hybridized carbons (Fsp3) is 0.222. The molecule has 0 spiro atoms. The summed E-state index contributed by atoms with van der Waals surface area (Å²) in [5, 5.41) is 11.9. The highest BCUT2D eigenvalue weighted by molar-refractivity contribution is 7.13. The fourth-order valence-corrected chi connectivity index (χ4v) is 3.53. The number of thiophene rings is 1. The van der Waals surface area contributed by atoms with Gasteiger partial charge in [0, 0.05) is 13.0 Å². The van der Waals surface area contributed by atoms with Gasteiger partial charge in [-0.2, -0.15) is 5.10 Å². The van der Waals surface area contributed by atoms with E-state index >= 15 is 0 Å². The van der Waals surface area contributed by atoms with Gasteiger partial charge in [0.25, 0.3) is 5.91 Å². The summed E-state index contributed by atoms with van der Waals surface area (Å²) in [5.41, 5.74) is 3.78. The number of amides is 1. The Balaban J connectivity index is 1.36. The molecule has 0 bridgehead atoms. The zero-order valence-electron chi connectivity index (χ0n) is 13.0. The number of aromatic amines is 1. The van der Waals surface area contributed by atoms with Crippen LogP contribution >= 0.6 is 11.3 Å². The van der Waals surface area contributed by atoms with Crippen LogP contribution in [0.2, 0.25) is 0 Å². The molecule has 1 amide bonds. The van der Waals surface area contributed by atoms with Gasteiger partial charge >= 0.3 is 0 Å². The molecule has 5 nitrogen and oxygen atoms in total. The van der Waals surface area contributed by atoms with E-state index in [4.69, 9.17) is 4.74 Å². The summed E-state index contributed by atoms with van der Waals surface area (Å²) in [7, 11) is 0. The average Bonchev–Trinajstić information content (AvgIpc) is 3.30. The molecule has 122 valence electrons. The number of aromatic nitrogens is 2. The average molecular weight is 339 g/mol. The number of ether oxygens (including phenoxy) is 1. The molecule has 1 aliphatic rings. The summed E-state index contributed by atoms with van der Waals surface area (Å²) in [6.07, 6.45) is 0.817. The van der Waals surface area contributed by atoms with Crippen LogP contribution in [0.25, 0.3) is 10.6 Å². The maximum absolute atomic E-state index is 12.3. The van der Waals surface area contributed by atoms with Gasteiger partial charge in [0.1, 0.15) is 0 Å². The SMILES string of the molecule is O=C(NCC1Cc2ccccc2CO1)c1cc(-c2cccs2)[nH]n1. The topological polar surface area (TPSA) is 67.0 Å². The fourth-order valence-electron chi connectivity index (χ4n) is 2.83. The number of fused-ring (bicyclic) bond motifs is 1. The third-order valence-corrected chi connectivity index (χ3v) is 5.03. The van der Waals surface area contributed by atoms with Crippen molar-refractivity contribution in [2.45, 2.75) is 19.1 Å². The van der Waals surface area contributed by atoms with E-state index < -0.39 is 0 Å². The standard InChI is InChI=1S/C18H17N3O2S/c22-18(16-9-15(20-21-16)17-6-3-7-24-17)19-10-14-8-12-4-1-2-5-13(12)11-23-14/h1-7,9,14H,8,10-11H2,(H,19,22)(H,20,21). The van der Waals surface area contributed by atoms with Crippen LogP contribution in [0.15, 0.2) is 47.8 Å². The quantitative estimate of drug-likeness (QED) is 0.768. The van der Waals surface area contributed by atoms with Crippen LogP contribution in [0, 0.1) is 0 Å². The summed E-state index contributed by atoms with van der Waals surface area (Å²) in [6.45, 7) is 1.08. The van der Waals surface area contributed by atoms with Gasteiger partial charge in [-0.05, 0) is 28.6 Å². The lowest BCUT2D eigenvalue weighted by Crippen LogP contribution is -2.36. The van der Waals surface area contributed by atoms with Crippen molar-refractivity contribution in [3.63, 3.8) is 0 Å². The first kappa shape index (κ1) is 15.1.